The Morgan fingerprint density at radius 2 is 1.59 bits per heavy atom. The van der Waals surface area contributed by atoms with E-state index in [0.29, 0.717) is 19.4 Å². The minimum atomic E-state index is -0.622. The molecule has 0 spiro atoms. The molecule has 1 amide bonds. The quantitative estimate of drug-likeness (QED) is 0.0945. The molecule has 236 valence electrons. The highest BCUT2D eigenvalue weighted by Crippen LogP contribution is 2.09. The highest BCUT2D eigenvalue weighted by Gasteiger charge is 2.08. The van der Waals surface area contributed by atoms with Gasteiger partial charge in [-0.2, -0.15) is 0 Å². The van der Waals surface area contributed by atoms with Crippen LogP contribution < -0.4 is 5.32 Å². The Morgan fingerprint density at radius 1 is 1.00 bits per heavy atom. The van der Waals surface area contributed by atoms with Gasteiger partial charge in [0, 0.05) is 19.5 Å². The molecular weight excluding hydrogens is 508 g/mol. The summed E-state index contributed by atoms with van der Waals surface area (Å²) in [6, 6.07) is 10.5. The van der Waals surface area contributed by atoms with E-state index >= 15 is 0 Å². The van der Waals surface area contributed by atoms with E-state index < -0.39 is 6.10 Å². The average molecular weight is 573 g/mol. The molecule has 0 aliphatic carbocycles. The summed E-state index contributed by atoms with van der Waals surface area (Å²) < 4.78 is 0. The van der Waals surface area contributed by atoms with Crippen LogP contribution in [0.1, 0.15) is 99.0 Å². The van der Waals surface area contributed by atoms with Gasteiger partial charge in [-0.05, 0) is 77.9 Å². The number of allylic oxidation sites excluding steroid dienone is 6. The van der Waals surface area contributed by atoms with Crippen LogP contribution in [-0.2, 0) is 11.2 Å². The fourth-order valence-corrected chi connectivity index (χ4v) is 3.57. The van der Waals surface area contributed by atoms with Crippen LogP contribution in [-0.4, -0.2) is 59.9 Å². The first-order valence-electron chi connectivity index (χ1n) is 15.6. The maximum Gasteiger partial charge on any atom is 0.220 e. The molecule has 1 unspecified atom stereocenters. The van der Waals surface area contributed by atoms with Gasteiger partial charge >= 0.3 is 0 Å². The van der Waals surface area contributed by atoms with E-state index in [1.165, 1.54) is 12.0 Å². The highest BCUT2D eigenvalue weighted by atomic mass is 16.3. The number of rotatable bonds is 18. The third kappa shape index (κ3) is 31.9. The van der Waals surface area contributed by atoms with Crippen LogP contribution in [0.2, 0.25) is 0 Å². The van der Waals surface area contributed by atoms with E-state index in [2.05, 4.69) is 61.5 Å². The number of nitrogens with one attached hydrogen (secondary N) is 1. The van der Waals surface area contributed by atoms with E-state index in [4.69, 9.17) is 5.11 Å². The van der Waals surface area contributed by atoms with E-state index in [1.54, 1.807) is 6.08 Å². The van der Waals surface area contributed by atoms with Gasteiger partial charge in [-0.15, -0.1) is 6.58 Å². The Labute approximate surface area is 254 Å². The fourth-order valence-electron chi connectivity index (χ4n) is 3.57. The van der Waals surface area contributed by atoms with Crippen LogP contribution in [0.5, 0.6) is 0 Å². The van der Waals surface area contributed by atoms with Crippen molar-refractivity contribution in [1.82, 2.24) is 10.2 Å². The van der Waals surface area contributed by atoms with Gasteiger partial charge in [-0.1, -0.05) is 106 Å². The third-order valence-corrected chi connectivity index (χ3v) is 5.60. The maximum atomic E-state index is 12.3. The first-order chi connectivity index (χ1) is 19.8. The zero-order valence-electron chi connectivity index (χ0n) is 27.6. The Bertz CT molecular complexity index is 787. The number of benzene rings is 1. The van der Waals surface area contributed by atoms with Crippen LogP contribution in [0.15, 0.2) is 78.9 Å². The summed E-state index contributed by atoms with van der Waals surface area (Å²) in [5.41, 5.74) is 3.48. The molecule has 0 aromatic heterocycles. The minimum Gasteiger partial charge on any atom is -0.394 e. The summed E-state index contributed by atoms with van der Waals surface area (Å²) >= 11 is 0. The summed E-state index contributed by atoms with van der Waals surface area (Å²) in [6.45, 7) is 24.5. The molecule has 1 rings (SSSR count). The predicted octanol–water partition coefficient (Wildman–Crippen LogP) is 8.05. The first kappa shape index (κ1) is 43.0. The van der Waals surface area contributed by atoms with Gasteiger partial charge in [-0.3, -0.25) is 4.79 Å². The van der Waals surface area contributed by atoms with Crippen LogP contribution in [0.4, 0.5) is 0 Å². The summed E-state index contributed by atoms with van der Waals surface area (Å²) in [5.74, 6) is 0.0772. The Kier molecular flexibility index (Phi) is 35.4. The molecule has 1 aromatic rings. The summed E-state index contributed by atoms with van der Waals surface area (Å²) in [7, 11) is 0. The predicted molar refractivity (Wildman–Crippen MR) is 181 cm³/mol. The molecule has 3 N–H and O–H groups in total. The number of carbonyl (C=O) groups excluding carboxylic acids is 1. The summed E-state index contributed by atoms with van der Waals surface area (Å²) in [5, 5.41) is 21.6. The van der Waals surface area contributed by atoms with E-state index in [1.807, 2.05) is 58.9 Å². The second kappa shape index (κ2) is 33.7. The second-order valence-corrected chi connectivity index (χ2v) is 9.77. The maximum absolute atomic E-state index is 12.3. The van der Waals surface area contributed by atoms with Crippen LogP contribution >= 0.6 is 0 Å². The van der Waals surface area contributed by atoms with E-state index in [-0.39, 0.29) is 12.5 Å². The molecule has 0 heterocycles. The van der Waals surface area contributed by atoms with Gasteiger partial charge in [-0.25, -0.2) is 0 Å². The molecule has 5 nitrogen and oxygen atoms in total. The number of nitrogens with zero attached hydrogens (tertiary/aromatic N) is 1. The van der Waals surface area contributed by atoms with Crippen molar-refractivity contribution in [1.29, 1.82) is 0 Å². The molecule has 0 radical (unpaired) electrons. The zero-order valence-corrected chi connectivity index (χ0v) is 27.6. The number of unbranched alkanes of at least 4 members (excludes halogenated alkanes) is 1. The van der Waals surface area contributed by atoms with Gasteiger partial charge < -0.3 is 20.4 Å². The molecule has 0 saturated carbocycles. The van der Waals surface area contributed by atoms with Crippen molar-refractivity contribution in [2.45, 2.75) is 106 Å². The van der Waals surface area contributed by atoms with Crippen molar-refractivity contribution in [2.75, 3.05) is 32.8 Å². The standard InChI is InChI=1S/C28H44N2O3.C3H8.C3H6.C2H6/c1-4-25(16-15-24(2)3)17-18-28(33)29-19-22-30(20-9-8-14-27(32)23-31)21-10-13-26-11-6-5-7-12-26;2*1-3-2;1-2/h4-7,11-12,15-16,27,31-32H,2,8-10,13-14,17-23H2,1,3H3,(H,29,33);3H2,1-2H3;3H,1H2,2H3;1-2H3/b16-15-,25-4+;;;. The van der Waals surface area contributed by atoms with Crippen molar-refractivity contribution in [3.8, 4) is 0 Å². The van der Waals surface area contributed by atoms with Crippen molar-refractivity contribution < 1.29 is 15.0 Å². The number of amides is 1. The van der Waals surface area contributed by atoms with Crippen molar-refractivity contribution >= 4 is 5.91 Å². The van der Waals surface area contributed by atoms with Crippen LogP contribution in [0.25, 0.3) is 0 Å². The number of hydrogen-bond donors (Lipinski definition) is 3. The van der Waals surface area contributed by atoms with E-state index in [0.717, 1.165) is 62.9 Å². The van der Waals surface area contributed by atoms with Gasteiger partial charge in [0.15, 0.2) is 0 Å². The molecule has 0 saturated heterocycles. The van der Waals surface area contributed by atoms with E-state index in [9.17, 15) is 9.90 Å². The first-order valence-corrected chi connectivity index (χ1v) is 15.6. The van der Waals surface area contributed by atoms with Crippen LogP contribution in [0, 0.1) is 0 Å². The molecule has 0 fully saturated rings. The zero-order chi connectivity index (χ0) is 31.7. The molecule has 0 aliphatic rings. The lowest BCUT2D eigenvalue weighted by Gasteiger charge is -2.23. The molecule has 0 bridgehead atoms. The fraction of sp³-hybridized carbons (Fsp3) is 0.583. The number of aliphatic hydroxyl groups is 2. The number of carbonyl (C=O) groups is 1. The van der Waals surface area contributed by atoms with Crippen LogP contribution in [0.3, 0.4) is 0 Å². The smallest absolute Gasteiger partial charge is 0.220 e. The van der Waals surface area contributed by atoms with Gasteiger partial charge in [0.05, 0.1) is 12.7 Å². The summed E-state index contributed by atoms with van der Waals surface area (Å²) in [4.78, 5) is 14.7. The highest BCUT2D eigenvalue weighted by molar-refractivity contribution is 5.76. The number of aliphatic hydroxyl groups excluding tert-OH is 2. The third-order valence-electron chi connectivity index (χ3n) is 5.60. The lowest BCUT2D eigenvalue weighted by molar-refractivity contribution is -0.121. The lowest BCUT2D eigenvalue weighted by atomic mass is 10.1. The monoisotopic (exact) mass is 572 g/mol. The summed E-state index contributed by atoms with van der Waals surface area (Å²) in [6.07, 6.45) is 14.2. The molecule has 1 aromatic carbocycles. The lowest BCUT2D eigenvalue weighted by Crippen LogP contribution is -2.36. The number of aryl methyl sites for hydroxylation is 1. The van der Waals surface area contributed by atoms with Gasteiger partial charge in [0.2, 0.25) is 5.91 Å². The molecule has 0 aliphatic heterocycles. The van der Waals surface area contributed by atoms with Crippen molar-refractivity contribution in [3.05, 3.63) is 84.5 Å². The minimum absolute atomic E-state index is 0.0772. The van der Waals surface area contributed by atoms with Gasteiger partial charge in [0.1, 0.15) is 0 Å². The number of hydrogen-bond acceptors (Lipinski definition) is 4. The molecule has 5 heteroatoms. The molecule has 1 atom stereocenters. The normalized spacial score (nSPS) is 11.3. The Balaban J connectivity index is -0.00000162. The largest absolute Gasteiger partial charge is 0.394 e. The average Bonchev–Trinajstić information content (AvgIpc) is 2.97. The topological polar surface area (TPSA) is 72.8 Å². The molecular formula is C36H64N2O3. The Morgan fingerprint density at radius 3 is 2.12 bits per heavy atom. The SMILES string of the molecule is C=C(C)/C=C\C(=C/C)CCC(=O)NCCN(CCCCC(O)CO)CCCc1ccccc1.C=CC.CC.CCC. The van der Waals surface area contributed by atoms with Crippen molar-refractivity contribution in [2.24, 2.45) is 0 Å². The second-order valence-electron chi connectivity index (χ2n) is 9.77. The van der Waals surface area contributed by atoms with Gasteiger partial charge in [0.25, 0.3) is 0 Å². The Hall–Kier alpha value is -2.47. The van der Waals surface area contributed by atoms with Crippen molar-refractivity contribution in [3.63, 3.8) is 0 Å². The molecule has 41 heavy (non-hydrogen) atoms.